The first-order chi connectivity index (χ1) is 11.6. The van der Waals surface area contributed by atoms with Gasteiger partial charge in [-0.1, -0.05) is 11.6 Å². The van der Waals surface area contributed by atoms with Crippen LogP contribution in [0.3, 0.4) is 0 Å². The fourth-order valence-electron chi connectivity index (χ4n) is 4.68. The first kappa shape index (κ1) is 17.5. The minimum atomic E-state index is -0.441. The number of benzene rings is 1. The molecule has 0 radical (unpaired) electrons. The van der Waals surface area contributed by atoms with Gasteiger partial charge < -0.3 is 5.32 Å². The fourth-order valence-corrected chi connectivity index (χ4v) is 5.89. The van der Waals surface area contributed by atoms with Crippen molar-refractivity contribution in [1.29, 1.82) is 0 Å². The molecule has 3 saturated heterocycles. The van der Waals surface area contributed by atoms with E-state index in [-0.39, 0.29) is 34.9 Å². The molecule has 7 heteroatoms. The minimum Gasteiger partial charge on any atom is -0.346 e. The average Bonchev–Trinajstić information content (AvgIpc) is 3.25. The van der Waals surface area contributed by atoms with E-state index < -0.39 is 5.82 Å². The molecule has 1 saturated carbocycles. The Bertz CT molecular complexity index is 804. The molecule has 4 heterocycles. The second-order valence-electron chi connectivity index (χ2n) is 7.29. The van der Waals surface area contributed by atoms with Crippen LogP contribution in [0.4, 0.5) is 4.39 Å². The molecule has 25 heavy (non-hydrogen) atoms. The van der Waals surface area contributed by atoms with Crippen LogP contribution in [-0.2, 0) is 0 Å². The number of rotatable bonds is 2. The zero-order valence-corrected chi connectivity index (χ0v) is 15.9. The van der Waals surface area contributed by atoms with E-state index in [4.69, 9.17) is 11.6 Å². The molecule has 1 aliphatic carbocycles. The molecule has 1 aromatic carbocycles. The van der Waals surface area contributed by atoms with E-state index in [2.05, 4.69) is 10.2 Å². The number of amides is 1. The summed E-state index contributed by atoms with van der Waals surface area (Å²) in [5, 5.41) is 4.15. The number of halogens is 3. The lowest BCUT2D eigenvalue weighted by molar-refractivity contribution is -0.00138. The maximum atomic E-state index is 13.6. The number of carbonyl (C=O) groups is 1. The summed E-state index contributed by atoms with van der Waals surface area (Å²) in [6.07, 6.45) is 4.75. The van der Waals surface area contributed by atoms with Crippen LogP contribution in [0.15, 0.2) is 18.2 Å². The van der Waals surface area contributed by atoms with Gasteiger partial charge in [0.05, 0.1) is 15.9 Å². The van der Waals surface area contributed by atoms with Gasteiger partial charge in [-0.2, -0.15) is 0 Å². The summed E-state index contributed by atoms with van der Waals surface area (Å²) in [5.41, 5.74) is 0.225. The molecule has 1 spiro atoms. The first-order valence-electron chi connectivity index (χ1n) is 8.51. The molecule has 1 aromatic heterocycles. The number of fused-ring (bicyclic) bond motifs is 3. The standard InChI is InChI=1S/C18H18ClFN2OS.ClH/c19-12-9-14-11(7-13(12)20)8-15(24-14)17(23)21-16-10-1-5-22(6-2-10)18(16)3-4-18;/h7-10,16H,1-6H2,(H,21,23);1H/t16-;/m1./s1. The third-order valence-electron chi connectivity index (χ3n) is 6.05. The topological polar surface area (TPSA) is 32.3 Å². The van der Waals surface area contributed by atoms with Gasteiger partial charge in [-0.3, -0.25) is 9.69 Å². The van der Waals surface area contributed by atoms with Crippen molar-refractivity contribution >= 4 is 51.3 Å². The summed E-state index contributed by atoms with van der Waals surface area (Å²) >= 11 is 7.23. The highest BCUT2D eigenvalue weighted by molar-refractivity contribution is 7.20. The number of piperidine rings is 3. The maximum Gasteiger partial charge on any atom is 0.261 e. The monoisotopic (exact) mass is 400 g/mol. The highest BCUT2D eigenvalue weighted by Crippen LogP contribution is 2.53. The van der Waals surface area contributed by atoms with Crippen LogP contribution in [0.5, 0.6) is 0 Å². The molecule has 1 amide bonds. The second-order valence-corrected chi connectivity index (χ2v) is 8.78. The van der Waals surface area contributed by atoms with E-state index in [1.807, 2.05) is 0 Å². The average molecular weight is 401 g/mol. The van der Waals surface area contributed by atoms with E-state index in [1.165, 1.54) is 56.2 Å². The Balaban J connectivity index is 0.00000157. The lowest BCUT2D eigenvalue weighted by Crippen LogP contribution is -2.65. The number of carbonyl (C=O) groups excluding carboxylic acids is 1. The van der Waals surface area contributed by atoms with E-state index in [0.29, 0.717) is 10.8 Å². The van der Waals surface area contributed by atoms with Crippen molar-refractivity contribution < 1.29 is 9.18 Å². The minimum absolute atomic E-state index is 0. The number of hydrogen-bond acceptors (Lipinski definition) is 3. The second kappa shape index (κ2) is 6.08. The third-order valence-corrected chi connectivity index (χ3v) is 7.44. The number of nitrogens with one attached hydrogen (secondary N) is 1. The van der Waals surface area contributed by atoms with Crippen LogP contribution in [-0.4, -0.2) is 35.5 Å². The Morgan fingerprint density at radius 3 is 2.68 bits per heavy atom. The molecular formula is C18H19Cl2FN2OS. The SMILES string of the molecule is Cl.O=C(N[C@@H]1C2CCN(CC2)C12CC2)c1cc2cc(F)c(Cl)cc2s1. The summed E-state index contributed by atoms with van der Waals surface area (Å²) in [4.78, 5) is 16.0. The number of hydrogen-bond donors (Lipinski definition) is 1. The van der Waals surface area contributed by atoms with Gasteiger partial charge in [-0.25, -0.2) is 4.39 Å². The van der Waals surface area contributed by atoms with E-state index in [0.717, 1.165) is 10.1 Å². The summed E-state index contributed by atoms with van der Waals surface area (Å²) in [6, 6.07) is 5.04. The van der Waals surface area contributed by atoms with Crippen LogP contribution in [0, 0.1) is 11.7 Å². The Kier molecular flexibility index (Phi) is 4.27. The van der Waals surface area contributed by atoms with Crippen molar-refractivity contribution in [2.45, 2.75) is 37.3 Å². The van der Waals surface area contributed by atoms with Crippen LogP contribution < -0.4 is 5.32 Å². The smallest absolute Gasteiger partial charge is 0.261 e. The molecule has 4 fully saturated rings. The van der Waals surface area contributed by atoms with Gasteiger partial charge in [0, 0.05) is 10.2 Å². The van der Waals surface area contributed by atoms with Gasteiger partial charge in [-0.05, 0) is 68.3 Å². The quantitative estimate of drug-likeness (QED) is 0.805. The van der Waals surface area contributed by atoms with Gasteiger partial charge >= 0.3 is 0 Å². The first-order valence-corrected chi connectivity index (χ1v) is 9.71. The zero-order valence-electron chi connectivity index (χ0n) is 13.6. The molecule has 2 aromatic rings. The van der Waals surface area contributed by atoms with Crippen LogP contribution in [0.25, 0.3) is 10.1 Å². The fraction of sp³-hybridized carbons (Fsp3) is 0.500. The molecule has 1 N–H and O–H groups in total. The van der Waals surface area contributed by atoms with Gasteiger partial charge in [0.1, 0.15) is 5.82 Å². The highest BCUT2D eigenvalue weighted by Gasteiger charge is 2.60. The number of thiophene rings is 1. The normalized spacial score (nSPS) is 28.8. The Morgan fingerprint density at radius 1 is 1.28 bits per heavy atom. The molecule has 134 valence electrons. The van der Waals surface area contributed by atoms with Gasteiger partial charge in [0.25, 0.3) is 5.91 Å². The summed E-state index contributed by atoms with van der Waals surface area (Å²) in [5.74, 6) is 0.128. The van der Waals surface area contributed by atoms with Crippen molar-refractivity contribution in [3.05, 3.63) is 33.9 Å². The maximum absolute atomic E-state index is 13.6. The lowest BCUT2D eigenvalue weighted by atomic mass is 9.77. The molecule has 4 aliphatic rings. The van der Waals surface area contributed by atoms with Crippen molar-refractivity contribution in [3.8, 4) is 0 Å². The third kappa shape index (κ3) is 2.67. The molecule has 3 aliphatic heterocycles. The Labute approximate surface area is 160 Å². The van der Waals surface area contributed by atoms with Gasteiger partial charge in [0.2, 0.25) is 0 Å². The lowest BCUT2D eigenvalue weighted by Gasteiger charge is -2.52. The molecule has 6 rings (SSSR count). The molecule has 1 atom stereocenters. The van der Waals surface area contributed by atoms with E-state index in [1.54, 1.807) is 12.1 Å². The molecule has 3 nitrogen and oxygen atoms in total. The zero-order chi connectivity index (χ0) is 16.5. The highest BCUT2D eigenvalue weighted by atomic mass is 35.5. The van der Waals surface area contributed by atoms with Gasteiger partial charge in [0.15, 0.2) is 0 Å². The predicted molar refractivity (Wildman–Crippen MR) is 102 cm³/mol. The van der Waals surface area contributed by atoms with E-state index in [9.17, 15) is 9.18 Å². The summed E-state index contributed by atoms with van der Waals surface area (Å²) in [7, 11) is 0. The summed E-state index contributed by atoms with van der Waals surface area (Å²) < 4.78 is 14.5. The largest absolute Gasteiger partial charge is 0.346 e. The Morgan fingerprint density at radius 2 is 2.00 bits per heavy atom. The van der Waals surface area contributed by atoms with E-state index >= 15 is 0 Å². The van der Waals surface area contributed by atoms with Crippen molar-refractivity contribution in [3.63, 3.8) is 0 Å². The number of nitrogens with zero attached hydrogens (tertiary/aromatic N) is 1. The predicted octanol–water partition coefficient (Wildman–Crippen LogP) is 4.47. The van der Waals surface area contributed by atoms with Crippen LogP contribution >= 0.6 is 35.3 Å². The molecule has 0 unspecified atom stereocenters. The van der Waals surface area contributed by atoms with Crippen molar-refractivity contribution in [1.82, 2.24) is 10.2 Å². The molecule has 2 bridgehead atoms. The van der Waals surface area contributed by atoms with Crippen LogP contribution in [0.2, 0.25) is 5.02 Å². The van der Waals surface area contributed by atoms with Gasteiger partial charge in [-0.15, -0.1) is 23.7 Å². The Hall–Kier alpha value is -0.880. The molecular weight excluding hydrogens is 382 g/mol. The van der Waals surface area contributed by atoms with Crippen molar-refractivity contribution in [2.24, 2.45) is 5.92 Å². The summed E-state index contributed by atoms with van der Waals surface area (Å²) in [6.45, 7) is 2.36. The van der Waals surface area contributed by atoms with Crippen LogP contribution in [0.1, 0.15) is 35.4 Å². The van der Waals surface area contributed by atoms with Crippen molar-refractivity contribution in [2.75, 3.05) is 13.1 Å².